The van der Waals surface area contributed by atoms with Gasteiger partial charge in [0, 0.05) is 25.7 Å². The molecule has 100 valence electrons. The van der Waals surface area contributed by atoms with Gasteiger partial charge in [-0.1, -0.05) is 6.42 Å². The minimum Gasteiger partial charge on any atom is -0.312 e. The van der Waals surface area contributed by atoms with Crippen molar-refractivity contribution in [1.29, 1.82) is 0 Å². The molecule has 1 saturated carbocycles. The largest absolute Gasteiger partial charge is 0.312 e. The van der Waals surface area contributed by atoms with Crippen LogP contribution >= 0.6 is 0 Å². The predicted octanol–water partition coefficient (Wildman–Crippen LogP) is 0.922. The van der Waals surface area contributed by atoms with E-state index in [4.69, 9.17) is 0 Å². The van der Waals surface area contributed by atoms with Gasteiger partial charge in [-0.3, -0.25) is 9.58 Å². The minimum atomic E-state index is 0.677. The van der Waals surface area contributed by atoms with Crippen LogP contribution in [-0.2, 0) is 13.6 Å². The SMILES string of the molecule is Cn1ncnc1CN1CCCCC1CNC1CC1. The third-order valence-corrected chi connectivity index (χ3v) is 4.12. The fourth-order valence-corrected chi connectivity index (χ4v) is 2.73. The van der Waals surface area contributed by atoms with E-state index in [-0.39, 0.29) is 0 Å². The highest BCUT2D eigenvalue weighted by atomic mass is 15.3. The Labute approximate surface area is 109 Å². The Hall–Kier alpha value is -0.940. The molecular formula is C13H23N5. The maximum absolute atomic E-state index is 4.34. The summed E-state index contributed by atoms with van der Waals surface area (Å²) in [6.45, 7) is 3.28. The van der Waals surface area contributed by atoms with Crippen molar-refractivity contribution in [3.05, 3.63) is 12.2 Å². The summed E-state index contributed by atoms with van der Waals surface area (Å²) < 4.78 is 1.89. The molecule has 18 heavy (non-hydrogen) atoms. The Balaban J connectivity index is 1.58. The van der Waals surface area contributed by atoms with Gasteiger partial charge in [-0.25, -0.2) is 4.98 Å². The van der Waals surface area contributed by atoms with Gasteiger partial charge in [-0.2, -0.15) is 5.10 Å². The maximum atomic E-state index is 4.34. The van der Waals surface area contributed by atoms with Crippen molar-refractivity contribution in [3.8, 4) is 0 Å². The first-order valence-electron chi connectivity index (χ1n) is 7.13. The Morgan fingerprint density at radius 1 is 1.33 bits per heavy atom. The first-order valence-corrected chi connectivity index (χ1v) is 7.13. The molecule has 1 unspecified atom stereocenters. The third kappa shape index (κ3) is 2.90. The van der Waals surface area contributed by atoms with Crippen LogP contribution in [0.5, 0.6) is 0 Å². The number of aryl methyl sites for hydroxylation is 1. The highest BCUT2D eigenvalue weighted by molar-refractivity contribution is 4.90. The van der Waals surface area contributed by atoms with Crippen LogP contribution in [0.3, 0.4) is 0 Å². The molecule has 0 radical (unpaired) electrons. The molecular weight excluding hydrogens is 226 g/mol. The Kier molecular flexibility index (Phi) is 3.61. The molecule has 2 heterocycles. The smallest absolute Gasteiger partial charge is 0.140 e. The first-order chi connectivity index (χ1) is 8.83. The van der Waals surface area contributed by atoms with E-state index in [1.165, 1.54) is 38.6 Å². The zero-order valence-corrected chi connectivity index (χ0v) is 11.2. The van der Waals surface area contributed by atoms with E-state index in [1.54, 1.807) is 6.33 Å². The number of nitrogens with zero attached hydrogens (tertiary/aromatic N) is 4. The summed E-state index contributed by atoms with van der Waals surface area (Å²) in [5.74, 6) is 1.08. The van der Waals surface area contributed by atoms with Gasteiger partial charge in [0.05, 0.1) is 6.54 Å². The number of nitrogens with one attached hydrogen (secondary N) is 1. The lowest BCUT2D eigenvalue weighted by Gasteiger charge is -2.35. The van der Waals surface area contributed by atoms with Crippen molar-refractivity contribution < 1.29 is 0 Å². The molecule has 1 aliphatic heterocycles. The fraction of sp³-hybridized carbons (Fsp3) is 0.846. The molecule has 2 aliphatic rings. The highest BCUT2D eigenvalue weighted by Crippen LogP contribution is 2.22. The molecule has 1 aromatic heterocycles. The highest BCUT2D eigenvalue weighted by Gasteiger charge is 2.26. The summed E-state index contributed by atoms with van der Waals surface area (Å²) in [6.07, 6.45) is 8.39. The van der Waals surface area contributed by atoms with Gasteiger partial charge >= 0.3 is 0 Å². The summed E-state index contributed by atoms with van der Waals surface area (Å²) in [6, 6.07) is 1.49. The first kappa shape index (κ1) is 12.1. The summed E-state index contributed by atoms with van der Waals surface area (Å²) in [7, 11) is 1.98. The number of rotatable bonds is 5. The zero-order chi connectivity index (χ0) is 12.4. The monoisotopic (exact) mass is 249 g/mol. The van der Waals surface area contributed by atoms with Crippen LogP contribution in [0.1, 0.15) is 37.9 Å². The van der Waals surface area contributed by atoms with E-state index in [9.17, 15) is 0 Å². The van der Waals surface area contributed by atoms with Crippen molar-refractivity contribution in [1.82, 2.24) is 25.0 Å². The average Bonchev–Trinajstić information content (AvgIpc) is 3.13. The summed E-state index contributed by atoms with van der Waals surface area (Å²) >= 11 is 0. The van der Waals surface area contributed by atoms with Crippen molar-refractivity contribution in [2.24, 2.45) is 7.05 Å². The molecule has 0 amide bonds. The lowest BCUT2D eigenvalue weighted by atomic mass is 10.0. The number of aromatic nitrogens is 3. The van der Waals surface area contributed by atoms with Gasteiger partial charge in [0.2, 0.25) is 0 Å². The summed E-state index contributed by atoms with van der Waals surface area (Å²) in [5.41, 5.74) is 0. The fourth-order valence-electron chi connectivity index (χ4n) is 2.73. The Bertz CT molecular complexity index is 384. The summed E-state index contributed by atoms with van der Waals surface area (Å²) in [5, 5.41) is 7.82. The van der Waals surface area contributed by atoms with Crippen molar-refractivity contribution in [2.75, 3.05) is 13.1 Å². The molecule has 1 N–H and O–H groups in total. The third-order valence-electron chi connectivity index (χ3n) is 4.12. The molecule has 1 aromatic rings. The van der Waals surface area contributed by atoms with Crippen LogP contribution in [0.2, 0.25) is 0 Å². The van der Waals surface area contributed by atoms with Gasteiger partial charge in [0.25, 0.3) is 0 Å². The predicted molar refractivity (Wildman–Crippen MR) is 70.1 cm³/mol. The van der Waals surface area contributed by atoms with Gasteiger partial charge in [-0.15, -0.1) is 0 Å². The zero-order valence-electron chi connectivity index (χ0n) is 11.2. The number of hydrogen-bond donors (Lipinski definition) is 1. The van der Waals surface area contributed by atoms with Crippen LogP contribution in [0, 0.1) is 0 Å². The van der Waals surface area contributed by atoms with E-state index < -0.39 is 0 Å². The lowest BCUT2D eigenvalue weighted by Crippen LogP contribution is -2.45. The molecule has 1 atom stereocenters. The molecule has 5 heteroatoms. The lowest BCUT2D eigenvalue weighted by molar-refractivity contribution is 0.132. The van der Waals surface area contributed by atoms with Crippen LogP contribution in [0.4, 0.5) is 0 Å². The molecule has 0 bridgehead atoms. The molecule has 5 nitrogen and oxygen atoms in total. The Morgan fingerprint density at radius 3 is 2.94 bits per heavy atom. The van der Waals surface area contributed by atoms with Gasteiger partial charge < -0.3 is 5.32 Å². The molecule has 1 saturated heterocycles. The second kappa shape index (κ2) is 5.36. The minimum absolute atomic E-state index is 0.677. The number of piperidine rings is 1. The van der Waals surface area contributed by atoms with E-state index in [0.717, 1.165) is 25.0 Å². The summed E-state index contributed by atoms with van der Waals surface area (Å²) in [4.78, 5) is 6.91. The standard InChI is InChI=1S/C13H23N5/c1-17-13(15-10-16-17)9-18-7-3-2-4-12(18)8-14-11-5-6-11/h10-12,14H,2-9H2,1H3. The average molecular weight is 249 g/mol. The second-order valence-electron chi connectivity index (χ2n) is 5.60. The van der Waals surface area contributed by atoms with Crippen LogP contribution in [0.25, 0.3) is 0 Å². The molecule has 3 rings (SSSR count). The molecule has 2 fully saturated rings. The van der Waals surface area contributed by atoms with E-state index in [2.05, 4.69) is 20.3 Å². The quantitative estimate of drug-likeness (QED) is 0.843. The Morgan fingerprint density at radius 2 is 2.22 bits per heavy atom. The van der Waals surface area contributed by atoms with Crippen LogP contribution in [-0.4, -0.2) is 44.8 Å². The molecule has 1 aliphatic carbocycles. The van der Waals surface area contributed by atoms with Crippen LogP contribution < -0.4 is 5.32 Å². The van der Waals surface area contributed by atoms with E-state index in [0.29, 0.717) is 6.04 Å². The van der Waals surface area contributed by atoms with Crippen molar-refractivity contribution in [2.45, 2.75) is 50.7 Å². The van der Waals surface area contributed by atoms with Gasteiger partial charge in [0.1, 0.15) is 12.2 Å². The van der Waals surface area contributed by atoms with Gasteiger partial charge in [-0.05, 0) is 32.2 Å². The van der Waals surface area contributed by atoms with E-state index in [1.807, 2.05) is 11.7 Å². The van der Waals surface area contributed by atoms with Crippen LogP contribution in [0.15, 0.2) is 6.33 Å². The van der Waals surface area contributed by atoms with E-state index >= 15 is 0 Å². The number of hydrogen-bond acceptors (Lipinski definition) is 4. The maximum Gasteiger partial charge on any atom is 0.140 e. The van der Waals surface area contributed by atoms with Crippen molar-refractivity contribution in [3.63, 3.8) is 0 Å². The normalized spacial score (nSPS) is 25.5. The molecule has 0 spiro atoms. The topological polar surface area (TPSA) is 46.0 Å². The van der Waals surface area contributed by atoms with Crippen molar-refractivity contribution >= 4 is 0 Å². The second-order valence-corrected chi connectivity index (χ2v) is 5.60. The van der Waals surface area contributed by atoms with Gasteiger partial charge in [0.15, 0.2) is 0 Å². The number of likely N-dealkylation sites (tertiary alicyclic amines) is 1. The molecule has 0 aromatic carbocycles.